The van der Waals surface area contributed by atoms with E-state index in [9.17, 15) is 0 Å². The molecule has 0 aromatic carbocycles. The van der Waals surface area contributed by atoms with Gasteiger partial charge in [0.25, 0.3) is 0 Å². The number of hydrogen-bond acceptors (Lipinski definition) is 3. The van der Waals surface area contributed by atoms with Crippen molar-refractivity contribution in [3.63, 3.8) is 0 Å². The number of hydrogen-bond donors (Lipinski definition) is 1. The Bertz CT molecular complexity index is 593. The molecule has 112 valence electrons. The Morgan fingerprint density at radius 2 is 1.90 bits per heavy atom. The highest BCUT2D eigenvalue weighted by molar-refractivity contribution is 5.20. The Morgan fingerprint density at radius 3 is 2.48 bits per heavy atom. The molecule has 5 rings (SSSR count). The fourth-order valence-electron chi connectivity index (χ4n) is 6.45. The molecule has 4 bridgehead atoms. The van der Waals surface area contributed by atoms with E-state index in [-0.39, 0.29) is 0 Å². The smallest absolute Gasteiger partial charge is 0.203 e. The SMILES string of the molecule is CC12CC3CC(C)(C1)CC(NCc1ccc(C#N)o1)(C3)C2. The Balaban J connectivity index is 1.53. The third-order valence-electron chi connectivity index (χ3n) is 6.04. The van der Waals surface area contributed by atoms with Crippen molar-refractivity contribution in [3.05, 3.63) is 23.7 Å². The lowest BCUT2D eigenvalue weighted by atomic mass is 9.43. The lowest BCUT2D eigenvalue weighted by Crippen LogP contribution is -2.63. The molecular weight excluding hydrogens is 260 g/mol. The van der Waals surface area contributed by atoms with Crippen LogP contribution >= 0.6 is 0 Å². The molecule has 1 heterocycles. The minimum Gasteiger partial charge on any atom is -0.449 e. The van der Waals surface area contributed by atoms with Crippen LogP contribution in [0.3, 0.4) is 0 Å². The lowest BCUT2D eigenvalue weighted by molar-refractivity contribution is -0.118. The molecule has 4 aliphatic rings. The molecule has 4 saturated carbocycles. The molecule has 0 radical (unpaired) electrons. The van der Waals surface area contributed by atoms with Crippen molar-refractivity contribution in [3.8, 4) is 6.07 Å². The van der Waals surface area contributed by atoms with Crippen molar-refractivity contribution in [2.45, 2.75) is 64.5 Å². The number of rotatable bonds is 3. The average molecular weight is 284 g/mol. The Labute approximate surface area is 126 Å². The van der Waals surface area contributed by atoms with Gasteiger partial charge in [-0.15, -0.1) is 0 Å². The summed E-state index contributed by atoms with van der Waals surface area (Å²) in [5.41, 5.74) is 1.35. The zero-order chi connectivity index (χ0) is 14.7. The zero-order valence-electron chi connectivity index (χ0n) is 13.0. The summed E-state index contributed by atoms with van der Waals surface area (Å²) >= 11 is 0. The van der Waals surface area contributed by atoms with E-state index >= 15 is 0 Å². The molecular formula is C18H24N2O. The first-order chi connectivity index (χ1) is 9.92. The second kappa shape index (κ2) is 4.14. The van der Waals surface area contributed by atoms with Gasteiger partial charge in [-0.3, -0.25) is 0 Å². The largest absolute Gasteiger partial charge is 0.449 e. The summed E-state index contributed by atoms with van der Waals surface area (Å²) in [6.07, 6.45) is 8.18. The number of furan rings is 1. The van der Waals surface area contributed by atoms with Gasteiger partial charge in [0.1, 0.15) is 11.8 Å². The first-order valence-corrected chi connectivity index (χ1v) is 8.16. The van der Waals surface area contributed by atoms with Crippen LogP contribution < -0.4 is 5.32 Å². The standard InChI is InChI=1S/C18H24N2O/c1-16-5-13-6-17(2,10-16)12-18(7-13,11-16)20-9-15-4-3-14(8-19)21-15/h3-4,13,20H,5-7,9-12H2,1-2H3. The van der Waals surface area contributed by atoms with E-state index in [1.54, 1.807) is 6.07 Å². The van der Waals surface area contributed by atoms with E-state index in [4.69, 9.17) is 9.68 Å². The van der Waals surface area contributed by atoms with Crippen molar-refractivity contribution in [1.82, 2.24) is 5.32 Å². The van der Waals surface area contributed by atoms with E-state index in [2.05, 4.69) is 25.2 Å². The van der Waals surface area contributed by atoms with Gasteiger partial charge >= 0.3 is 0 Å². The maximum Gasteiger partial charge on any atom is 0.203 e. The summed E-state index contributed by atoms with van der Waals surface area (Å²) in [7, 11) is 0. The molecule has 0 spiro atoms. The van der Waals surface area contributed by atoms with Crippen LogP contribution in [0.4, 0.5) is 0 Å². The third-order valence-corrected chi connectivity index (χ3v) is 6.04. The van der Waals surface area contributed by atoms with Crippen molar-refractivity contribution in [2.75, 3.05) is 0 Å². The normalized spacial score (nSPS) is 44.0. The zero-order valence-corrected chi connectivity index (χ0v) is 13.0. The van der Waals surface area contributed by atoms with E-state index in [0.29, 0.717) is 22.1 Å². The molecule has 1 N–H and O–H groups in total. The topological polar surface area (TPSA) is 49.0 Å². The summed E-state index contributed by atoms with van der Waals surface area (Å²) in [4.78, 5) is 0. The second-order valence-electron chi connectivity index (χ2n) is 8.64. The number of nitriles is 1. The molecule has 1 aromatic heterocycles. The third kappa shape index (κ3) is 2.21. The van der Waals surface area contributed by atoms with Crippen LogP contribution in [0.25, 0.3) is 0 Å². The van der Waals surface area contributed by atoms with Crippen molar-refractivity contribution < 1.29 is 4.42 Å². The minimum absolute atomic E-state index is 0.294. The first kappa shape index (κ1) is 13.4. The average Bonchev–Trinajstić information content (AvgIpc) is 2.80. The molecule has 0 amide bonds. The highest BCUT2D eigenvalue weighted by Crippen LogP contribution is 2.66. The highest BCUT2D eigenvalue weighted by atomic mass is 16.3. The summed E-state index contributed by atoms with van der Waals surface area (Å²) < 4.78 is 5.52. The molecule has 2 atom stereocenters. The molecule has 1 aromatic rings. The Hall–Kier alpha value is -1.27. The molecule has 0 saturated heterocycles. The summed E-state index contributed by atoms with van der Waals surface area (Å²) in [6, 6.07) is 5.75. The van der Waals surface area contributed by atoms with Crippen LogP contribution in [0.15, 0.2) is 16.5 Å². The van der Waals surface area contributed by atoms with Gasteiger partial charge in [0, 0.05) is 5.54 Å². The van der Waals surface area contributed by atoms with Gasteiger partial charge in [0.05, 0.1) is 6.54 Å². The van der Waals surface area contributed by atoms with E-state index in [1.165, 1.54) is 38.5 Å². The van der Waals surface area contributed by atoms with Gasteiger partial charge < -0.3 is 9.73 Å². The monoisotopic (exact) mass is 284 g/mol. The highest BCUT2D eigenvalue weighted by Gasteiger charge is 2.59. The fraction of sp³-hybridized carbons (Fsp3) is 0.722. The second-order valence-corrected chi connectivity index (χ2v) is 8.64. The molecule has 4 aliphatic carbocycles. The number of nitrogens with zero attached hydrogens (tertiary/aromatic N) is 1. The van der Waals surface area contributed by atoms with Crippen molar-refractivity contribution in [2.24, 2.45) is 16.7 Å². The Morgan fingerprint density at radius 1 is 1.19 bits per heavy atom. The predicted molar refractivity (Wildman–Crippen MR) is 80.4 cm³/mol. The lowest BCUT2D eigenvalue weighted by Gasteiger charge is -2.65. The van der Waals surface area contributed by atoms with Gasteiger partial charge in [-0.2, -0.15) is 5.26 Å². The van der Waals surface area contributed by atoms with Crippen LogP contribution in [0, 0.1) is 28.1 Å². The van der Waals surface area contributed by atoms with Gasteiger partial charge in [-0.1, -0.05) is 13.8 Å². The quantitative estimate of drug-likeness (QED) is 0.913. The molecule has 3 nitrogen and oxygen atoms in total. The Kier molecular flexibility index (Phi) is 2.64. The molecule has 21 heavy (non-hydrogen) atoms. The van der Waals surface area contributed by atoms with Crippen molar-refractivity contribution >= 4 is 0 Å². The van der Waals surface area contributed by atoms with Gasteiger partial charge in [-0.05, 0) is 67.4 Å². The molecule has 4 fully saturated rings. The maximum atomic E-state index is 8.85. The van der Waals surface area contributed by atoms with Crippen LogP contribution in [-0.4, -0.2) is 5.54 Å². The van der Waals surface area contributed by atoms with Crippen LogP contribution in [0.2, 0.25) is 0 Å². The fourth-order valence-corrected chi connectivity index (χ4v) is 6.45. The predicted octanol–water partition coefficient (Wildman–Crippen LogP) is 3.99. The van der Waals surface area contributed by atoms with Crippen LogP contribution in [0.5, 0.6) is 0 Å². The molecule has 3 heteroatoms. The number of nitrogens with one attached hydrogen (secondary N) is 1. The van der Waals surface area contributed by atoms with Gasteiger partial charge in [0.2, 0.25) is 5.76 Å². The maximum absolute atomic E-state index is 8.85. The van der Waals surface area contributed by atoms with Crippen LogP contribution in [-0.2, 0) is 6.54 Å². The van der Waals surface area contributed by atoms with Crippen molar-refractivity contribution in [1.29, 1.82) is 5.26 Å². The molecule has 2 unspecified atom stereocenters. The molecule has 0 aliphatic heterocycles. The summed E-state index contributed by atoms with van der Waals surface area (Å²) in [5.74, 6) is 2.20. The first-order valence-electron chi connectivity index (χ1n) is 8.16. The van der Waals surface area contributed by atoms with Crippen LogP contribution in [0.1, 0.15) is 63.9 Å². The van der Waals surface area contributed by atoms with Gasteiger partial charge in [-0.25, -0.2) is 0 Å². The van der Waals surface area contributed by atoms with Gasteiger partial charge in [0.15, 0.2) is 0 Å². The summed E-state index contributed by atoms with van der Waals surface area (Å²) in [6.45, 7) is 5.74. The van der Waals surface area contributed by atoms with E-state index in [0.717, 1.165) is 18.2 Å². The van der Waals surface area contributed by atoms with E-state index in [1.807, 2.05) is 6.07 Å². The van der Waals surface area contributed by atoms with E-state index < -0.39 is 0 Å². The minimum atomic E-state index is 0.294. The summed E-state index contributed by atoms with van der Waals surface area (Å²) in [5, 5.41) is 12.7.